The summed E-state index contributed by atoms with van der Waals surface area (Å²) in [6.45, 7) is 6.19. The standard InChI is InChI=1S/C15H23F2N3/c1-3-15(2,20-6-4-5-7-20)14(19-18)11-8-12(16)10-13(17)9-11/h8-10,14,19H,3-7,18H2,1-2H3. The number of hydrazine groups is 1. The summed E-state index contributed by atoms with van der Waals surface area (Å²) in [6.07, 6.45) is 3.16. The molecule has 5 heteroatoms. The van der Waals surface area contributed by atoms with Crippen molar-refractivity contribution in [3.05, 3.63) is 35.4 Å². The molecular formula is C15H23F2N3. The first-order valence-electron chi connectivity index (χ1n) is 7.18. The van der Waals surface area contributed by atoms with Gasteiger partial charge >= 0.3 is 0 Å². The van der Waals surface area contributed by atoms with Crippen molar-refractivity contribution in [2.45, 2.75) is 44.7 Å². The summed E-state index contributed by atoms with van der Waals surface area (Å²) in [7, 11) is 0. The van der Waals surface area contributed by atoms with Crippen LogP contribution in [-0.4, -0.2) is 23.5 Å². The van der Waals surface area contributed by atoms with Crippen molar-refractivity contribution in [3.63, 3.8) is 0 Å². The highest BCUT2D eigenvalue weighted by Crippen LogP contribution is 2.36. The first-order chi connectivity index (χ1) is 9.51. The first kappa shape index (κ1) is 15.4. The molecule has 1 aromatic rings. The fourth-order valence-corrected chi connectivity index (χ4v) is 3.21. The van der Waals surface area contributed by atoms with Gasteiger partial charge in [-0.3, -0.25) is 16.2 Å². The predicted octanol–water partition coefficient (Wildman–Crippen LogP) is 2.73. The van der Waals surface area contributed by atoms with Crippen LogP contribution >= 0.6 is 0 Å². The van der Waals surface area contributed by atoms with Gasteiger partial charge in [0.25, 0.3) is 0 Å². The second-order valence-electron chi connectivity index (χ2n) is 5.71. The van der Waals surface area contributed by atoms with E-state index in [0.717, 1.165) is 38.4 Å². The molecule has 2 rings (SSSR count). The van der Waals surface area contributed by atoms with Crippen LogP contribution in [0.1, 0.15) is 44.7 Å². The van der Waals surface area contributed by atoms with Crippen molar-refractivity contribution in [2.75, 3.05) is 13.1 Å². The molecule has 0 bridgehead atoms. The monoisotopic (exact) mass is 283 g/mol. The Bertz CT molecular complexity index is 440. The fourth-order valence-electron chi connectivity index (χ4n) is 3.21. The van der Waals surface area contributed by atoms with Gasteiger partial charge in [-0.1, -0.05) is 6.92 Å². The number of benzene rings is 1. The minimum Gasteiger partial charge on any atom is -0.296 e. The van der Waals surface area contributed by atoms with Gasteiger partial charge in [-0.2, -0.15) is 0 Å². The summed E-state index contributed by atoms with van der Waals surface area (Å²) in [5.74, 6) is 4.57. The first-order valence-corrected chi connectivity index (χ1v) is 7.18. The zero-order valence-electron chi connectivity index (χ0n) is 12.1. The average molecular weight is 283 g/mol. The number of hydrogen-bond acceptors (Lipinski definition) is 3. The van der Waals surface area contributed by atoms with Crippen LogP contribution in [0.5, 0.6) is 0 Å². The van der Waals surface area contributed by atoms with E-state index in [1.54, 1.807) is 0 Å². The van der Waals surface area contributed by atoms with E-state index < -0.39 is 11.6 Å². The molecule has 1 aromatic carbocycles. The lowest BCUT2D eigenvalue weighted by Gasteiger charge is -2.44. The number of hydrogen-bond donors (Lipinski definition) is 2. The second kappa shape index (κ2) is 6.16. The zero-order chi connectivity index (χ0) is 14.8. The van der Waals surface area contributed by atoms with Crippen LogP contribution in [0.4, 0.5) is 8.78 Å². The quantitative estimate of drug-likeness (QED) is 0.645. The smallest absolute Gasteiger partial charge is 0.126 e. The second-order valence-corrected chi connectivity index (χ2v) is 5.71. The molecule has 0 spiro atoms. The molecule has 1 fully saturated rings. The van der Waals surface area contributed by atoms with E-state index in [9.17, 15) is 8.78 Å². The minimum atomic E-state index is -0.569. The van der Waals surface area contributed by atoms with Gasteiger partial charge in [0.1, 0.15) is 11.6 Å². The van der Waals surface area contributed by atoms with Gasteiger partial charge in [-0.15, -0.1) is 0 Å². The average Bonchev–Trinajstić information content (AvgIpc) is 2.92. The van der Waals surface area contributed by atoms with E-state index in [1.807, 2.05) is 0 Å². The Morgan fingerprint density at radius 1 is 1.25 bits per heavy atom. The summed E-state index contributed by atoms with van der Waals surface area (Å²) < 4.78 is 26.9. The lowest BCUT2D eigenvalue weighted by Crippen LogP contribution is -2.54. The van der Waals surface area contributed by atoms with E-state index in [1.165, 1.54) is 12.1 Å². The predicted molar refractivity (Wildman–Crippen MR) is 75.9 cm³/mol. The number of halogens is 2. The molecule has 112 valence electrons. The molecule has 3 nitrogen and oxygen atoms in total. The molecule has 1 heterocycles. The van der Waals surface area contributed by atoms with Crippen LogP contribution in [0.15, 0.2) is 18.2 Å². The highest BCUT2D eigenvalue weighted by molar-refractivity contribution is 5.25. The highest BCUT2D eigenvalue weighted by atomic mass is 19.1. The van der Waals surface area contributed by atoms with Gasteiger partial charge in [0.2, 0.25) is 0 Å². The Labute approximate surface area is 119 Å². The Hall–Kier alpha value is -1.04. The molecular weight excluding hydrogens is 260 g/mol. The summed E-state index contributed by atoms with van der Waals surface area (Å²) >= 11 is 0. The Kier molecular flexibility index (Phi) is 4.73. The lowest BCUT2D eigenvalue weighted by atomic mass is 9.83. The third kappa shape index (κ3) is 2.85. The van der Waals surface area contributed by atoms with Crippen molar-refractivity contribution < 1.29 is 8.78 Å². The fraction of sp³-hybridized carbons (Fsp3) is 0.600. The molecule has 0 saturated carbocycles. The molecule has 1 aliphatic heterocycles. The molecule has 0 aromatic heterocycles. The Morgan fingerprint density at radius 2 is 1.80 bits per heavy atom. The number of nitrogens with one attached hydrogen (secondary N) is 1. The van der Waals surface area contributed by atoms with Crippen molar-refractivity contribution in [3.8, 4) is 0 Å². The number of nitrogens with two attached hydrogens (primary N) is 1. The summed E-state index contributed by atoms with van der Waals surface area (Å²) in [4.78, 5) is 2.36. The van der Waals surface area contributed by atoms with Crippen LogP contribution < -0.4 is 11.3 Å². The SMILES string of the molecule is CCC(C)(C(NN)c1cc(F)cc(F)c1)N1CCCC1. The molecule has 0 amide bonds. The van der Waals surface area contributed by atoms with Crippen LogP contribution in [0.3, 0.4) is 0 Å². The third-order valence-corrected chi connectivity index (χ3v) is 4.55. The molecule has 1 aliphatic rings. The molecule has 2 unspecified atom stereocenters. The molecule has 3 N–H and O–H groups in total. The molecule has 0 aliphatic carbocycles. The maximum Gasteiger partial charge on any atom is 0.126 e. The van der Waals surface area contributed by atoms with E-state index in [-0.39, 0.29) is 11.6 Å². The zero-order valence-corrected chi connectivity index (χ0v) is 12.1. The van der Waals surface area contributed by atoms with Gasteiger partial charge in [0.15, 0.2) is 0 Å². The van der Waals surface area contributed by atoms with Crippen LogP contribution in [-0.2, 0) is 0 Å². The molecule has 20 heavy (non-hydrogen) atoms. The van der Waals surface area contributed by atoms with Crippen molar-refractivity contribution in [1.82, 2.24) is 10.3 Å². The van der Waals surface area contributed by atoms with E-state index in [2.05, 4.69) is 24.2 Å². The van der Waals surface area contributed by atoms with Crippen molar-refractivity contribution in [2.24, 2.45) is 5.84 Å². The lowest BCUT2D eigenvalue weighted by molar-refractivity contribution is 0.0837. The summed E-state index contributed by atoms with van der Waals surface area (Å²) in [6, 6.07) is 3.29. The van der Waals surface area contributed by atoms with Crippen LogP contribution in [0.25, 0.3) is 0 Å². The van der Waals surface area contributed by atoms with E-state index >= 15 is 0 Å². The van der Waals surface area contributed by atoms with Crippen LogP contribution in [0, 0.1) is 11.6 Å². The molecule has 0 radical (unpaired) electrons. The largest absolute Gasteiger partial charge is 0.296 e. The Morgan fingerprint density at radius 3 is 2.25 bits per heavy atom. The van der Waals surface area contributed by atoms with Crippen molar-refractivity contribution in [1.29, 1.82) is 0 Å². The van der Waals surface area contributed by atoms with Crippen molar-refractivity contribution >= 4 is 0 Å². The van der Waals surface area contributed by atoms with Gasteiger partial charge in [0.05, 0.1) is 6.04 Å². The Balaban J connectivity index is 2.37. The minimum absolute atomic E-state index is 0.258. The normalized spacial score (nSPS) is 20.9. The number of likely N-dealkylation sites (tertiary alicyclic amines) is 1. The van der Waals surface area contributed by atoms with Gasteiger partial charge < -0.3 is 0 Å². The maximum atomic E-state index is 13.5. The number of nitrogens with zero attached hydrogens (tertiary/aromatic N) is 1. The number of rotatable bonds is 5. The highest BCUT2D eigenvalue weighted by Gasteiger charge is 2.40. The molecule has 2 atom stereocenters. The maximum absolute atomic E-state index is 13.5. The topological polar surface area (TPSA) is 41.3 Å². The van der Waals surface area contributed by atoms with Gasteiger partial charge in [-0.05, 0) is 57.0 Å². The third-order valence-electron chi connectivity index (χ3n) is 4.55. The van der Waals surface area contributed by atoms with E-state index in [0.29, 0.717) is 5.56 Å². The summed E-state index contributed by atoms with van der Waals surface area (Å²) in [5, 5.41) is 0. The van der Waals surface area contributed by atoms with Gasteiger partial charge in [0, 0.05) is 11.6 Å². The van der Waals surface area contributed by atoms with Gasteiger partial charge in [-0.25, -0.2) is 8.78 Å². The van der Waals surface area contributed by atoms with E-state index in [4.69, 9.17) is 5.84 Å². The van der Waals surface area contributed by atoms with Crippen LogP contribution in [0.2, 0.25) is 0 Å². The molecule has 1 saturated heterocycles. The summed E-state index contributed by atoms with van der Waals surface area (Å²) in [5.41, 5.74) is 3.06.